The molecule has 0 bridgehead atoms. The van der Waals surface area contributed by atoms with E-state index >= 15 is 0 Å². The van der Waals surface area contributed by atoms with E-state index in [2.05, 4.69) is 5.32 Å². The maximum Gasteiger partial charge on any atom is 0.327 e. The molecule has 2 heterocycles. The lowest BCUT2D eigenvalue weighted by Crippen LogP contribution is -2.64. The second kappa shape index (κ2) is 9.45. The number of amides is 4. The SMILES string of the molecule is Cc1ccc(NC(=O)CN2C(=O)N(Cc3ccccc3)C(=O)C3SC4CCCCC4C32)cc1C. The fraction of sp³-hybridized carbons (Fsp3) is 0.444. The van der Waals surface area contributed by atoms with Gasteiger partial charge in [0.2, 0.25) is 11.8 Å². The Balaban J connectivity index is 1.41. The standard InChI is InChI=1S/C27H31N3O3S/c1-17-12-13-20(14-18(17)2)28-23(31)16-29-24-21-10-6-7-11-22(21)34-25(24)26(32)30(27(29)33)15-19-8-4-3-5-9-19/h3-5,8-9,12-14,21-22,24-25H,6-7,10-11,15-16H2,1-2H3,(H,28,31). The van der Waals surface area contributed by atoms with Crippen molar-refractivity contribution >= 4 is 35.3 Å². The number of rotatable bonds is 5. The summed E-state index contributed by atoms with van der Waals surface area (Å²) < 4.78 is 0. The van der Waals surface area contributed by atoms with E-state index in [-0.39, 0.29) is 48.1 Å². The molecule has 2 aromatic rings. The number of nitrogens with one attached hydrogen (secondary N) is 1. The molecule has 4 unspecified atom stereocenters. The Morgan fingerprint density at radius 2 is 1.79 bits per heavy atom. The summed E-state index contributed by atoms with van der Waals surface area (Å²) in [5.41, 5.74) is 3.89. The topological polar surface area (TPSA) is 69.7 Å². The highest BCUT2D eigenvalue weighted by molar-refractivity contribution is 8.01. The third kappa shape index (κ3) is 4.33. The third-order valence-corrected chi connectivity index (χ3v) is 9.17. The first-order chi connectivity index (χ1) is 16.4. The monoisotopic (exact) mass is 477 g/mol. The highest BCUT2D eigenvalue weighted by Gasteiger charge is 2.57. The molecule has 178 valence electrons. The van der Waals surface area contributed by atoms with Gasteiger partial charge in [0.05, 0.1) is 12.6 Å². The molecule has 7 heteroatoms. The maximum absolute atomic E-state index is 13.7. The first-order valence-electron chi connectivity index (χ1n) is 12.1. The second-order valence-corrected chi connectivity index (χ2v) is 11.1. The van der Waals surface area contributed by atoms with E-state index in [0.29, 0.717) is 5.25 Å². The van der Waals surface area contributed by atoms with Crippen LogP contribution in [0.2, 0.25) is 0 Å². The van der Waals surface area contributed by atoms with Gasteiger partial charge in [-0.05, 0) is 61.4 Å². The maximum atomic E-state index is 13.7. The number of aryl methyl sites for hydroxylation is 2. The zero-order chi connectivity index (χ0) is 23.8. The van der Waals surface area contributed by atoms with Crippen LogP contribution in [0.25, 0.3) is 0 Å². The molecule has 2 aromatic carbocycles. The van der Waals surface area contributed by atoms with Gasteiger partial charge in [0.15, 0.2) is 0 Å². The number of hydrogen-bond acceptors (Lipinski definition) is 4. The lowest BCUT2D eigenvalue weighted by Gasteiger charge is -2.43. The van der Waals surface area contributed by atoms with Crippen LogP contribution in [-0.4, -0.2) is 50.7 Å². The number of fused-ring (bicyclic) bond motifs is 3. The number of hydrogen-bond donors (Lipinski definition) is 1. The van der Waals surface area contributed by atoms with Crippen LogP contribution < -0.4 is 5.32 Å². The molecule has 2 saturated heterocycles. The highest BCUT2D eigenvalue weighted by atomic mass is 32.2. The van der Waals surface area contributed by atoms with E-state index in [0.717, 1.165) is 48.1 Å². The van der Waals surface area contributed by atoms with E-state index in [1.165, 1.54) is 4.90 Å². The highest BCUT2D eigenvalue weighted by Crippen LogP contribution is 2.50. The molecule has 0 spiro atoms. The van der Waals surface area contributed by atoms with Gasteiger partial charge < -0.3 is 10.2 Å². The lowest BCUT2D eigenvalue weighted by atomic mass is 9.81. The Bertz CT molecular complexity index is 1110. The number of benzene rings is 2. The second-order valence-electron chi connectivity index (χ2n) is 9.70. The first kappa shape index (κ1) is 23.0. The molecule has 1 N–H and O–H groups in total. The molecule has 1 aliphatic carbocycles. The molecule has 0 aromatic heterocycles. The fourth-order valence-electron chi connectivity index (χ4n) is 5.57. The molecule has 4 amide bonds. The number of urea groups is 1. The predicted octanol–water partition coefficient (Wildman–Crippen LogP) is 4.75. The summed E-state index contributed by atoms with van der Waals surface area (Å²) >= 11 is 1.72. The molecule has 6 nitrogen and oxygen atoms in total. The summed E-state index contributed by atoms with van der Waals surface area (Å²) in [5.74, 6) is -0.0670. The van der Waals surface area contributed by atoms with Crippen molar-refractivity contribution in [1.82, 2.24) is 9.80 Å². The smallest absolute Gasteiger partial charge is 0.325 e. The summed E-state index contributed by atoms with van der Waals surface area (Å²) in [4.78, 5) is 43.3. The zero-order valence-corrected chi connectivity index (χ0v) is 20.5. The van der Waals surface area contributed by atoms with E-state index in [9.17, 15) is 14.4 Å². The molecule has 3 aliphatic rings. The van der Waals surface area contributed by atoms with Crippen molar-refractivity contribution < 1.29 is 14.4 Å². The fourth-order valence-corrected chi connectivity index (χ4v) is 7.50. The van der Waals surface area contributed by atoms with Gasteiger partial charge in [-0.2, -0.15) is 0 Å². The van der Waals surface area contributed by atoms with Crippen LogP contribution in [0.5, 0.6) is 0 Å². The molecular formula is C27H31N3O3S. The first-order valence-corrected chi connectivity index (χ1v) is 13.0. The summed E-state index contributed by atoms with van der Waals surface area (Å²) in [6.45, 7) is 4.22. The summed E-state index contributed by atoms with van der Waals surface area (Å²) in [5, 5.41) is 3.04. The number of carbonyl (C=O) groups is 3. The molecule has 0 radical (unpaired) electrons. The number of nitrogens with zero attached hydrogens (tertiary/aromatic N) is 2. The van der Waals surface area contributed by atoms with Crippen LogP contribution in [0.4, 0.5) is 10.5 Å². The number of thioether (sulfide) groups is 1. The van der Waals surface area contributed by atoms with E-state index < -0.39 is 0 Å². The van der Waals surface area contributed by atoms with E-state index in [4.69, 9.17) is 0 Å². The average Bonchev–Trinajstić information content (AvgIpc) is 3.22. The van der Waals surface area contributed by atoms with E-state index in [1.54, 1.807) is 16.7 Å². The van der Waals surface area contributed by atoms with Gasteiger partial charge in [-0.15, -0.1) is 11.8 Å². The Morgan fingerprint density at radius 3 is 2.56 bits per heavy atom. The van der Waals surface area contributed by atoms with Crippen LogP contribution >= 0.6 is 11.8 Å². The number of imide groups is 1. The predicted molar refractivity (Wildman–Crippen MR) is 135 cm³/mol. The van der Waals surface area contributed by atoms with Crippen molar-refractivity contribution in [2.45, 2.75) is 62.6 Å². The average molecular weight is 478 g/mol. The molecule has 1 saturated carbocycles. The van der Waals surface area contributed by atoms with Crippen LogP contribution in [0.3, 0.4) is 0 Å². The van der Waals surface area contributed by atoms with Gasteiger partial charge in [0, 0.05) is 10.9 Å². The molecule has 2 aliphatic heterocycles. The van der Waals surface area contributed by atoms with Crippen molar-refractivity contribution in [3.63, 3.8) is 0 Å². The minimum atomic E-state index is -0.350. The normalized spacial score (nSPS) is 26.3. The van der Waals surface area contributed by atoms with Crippen LogP contribution in [0.1, 0.15) is 42.4 Å². The minimum absolute atomic E-state index is 0.0464. The van der Waals surface area contributed by atoms with Gasteiger partial charge >= 0.3 is 6.03 Å². The zero-order valence-electron chi connectivity index (χ0n) is 19.7. The molecule has 5 rings (SSSR count). The number of carbonyl (C=O) groups excluding carboxylic acids is 3. The van der Waals surface area contributed by atoms with Crippen molar-refractivity contribution in [1.29, 1.82) is 0 Å². The molecular weight excluding hydrogens is 446 g/mol. The van der Waals surface area contributed by atoms with Gasteiger partial charge in [-0.3, -0.25) is 14.5 Å². The third-order valence-electron chi connectivity index (χ3n) is 7.46. The lowest BCUT2D eigenvalue weighted by molar-refractivity contribution is -0.134. The van der Waals surface area contributed by atoms with Crippen molar-refractivity contribution in [2.24, 2.45) is 5.92 Å². The minimum Gasteiger partial charge on any atom is -0.325 e. The summed E-state index contributed by atoms with van der Waals surface area (Å²) in [6.07, 6.45) is 4.36. The van der Waals surface area contributed by atoms with E-state index in [1.807, 2.05) is 62.4 Å². The van der Waals surface area contributed by atoms with Crippen LogP contribution in [0, 0.1) is 19.8 Å². The Morgan fingerprint density at radius 1 is 1.03 bits per heavy atom. The molecule has 3 fully saturated rings. The molecule has 4 atom stereocenters. The Kier molecular flexibility index (Phi) is 6.38. The van der Waals surface area contributed by atoms with Crippen molar-refractivity contribution in [3.05, 3.63) is 65.2 Å². The largest absolute Gasteiger partial charge is 0.327 e. The Labute approximate surface area is 205 Å². The van der Waals surface area contributed by atoms with Crippen LogP contribution in [0.15, 0.2) is 48.5 Å². The van der Waals surface area contributed by atoms with Crippen molar-refractivity contribution in [3.8, 4) is 0 Å². The summed E-state index contributed by atoms with van der Waals surface area (Å²) in [7, 11) is 0. The van der Waals surface area contributed by atoms with Crippen LogP contribution in [-0.2, 0) is 16.1 Å². The van der Waals surface area contributed by atoms with Gasteiger partial charge in [-0.25, -0.2) is 4.79 Å². The number of anilines is 1. The van der Waals surface area contributed by atoms with Gasteiger partial charge in [0.1, 0.15) is 11.8 Å². The Hall–Kier alpha value is -2.80. The quantitative estimate of drug-likeness (QED) is 0.675. The molecule has 34 heavy (non-hydrogen) atoms. The van der Waals surface area contributed by atoms with Crippen molar-refractivity contribution in [2.75, 3.05) is 11.9 Å². The van der Waals surface area contributed by atoms with Gasteiger partial charge in [-0.1, -0.05) is 49.2 Å². The van der Waals surface area contributed by atoms with Gasteiger partial charge in [0.25, 0.3) is 0 Å². The summed E-state index contributed by atoms with van der Waals surface area (Å²) in [6, 6.07) is 14.8.